The van der Waals surface area contributed by atoms with Gasteiger partial charge in [-0.3, -0.25) is 15.0 Å². The van der Waals surface area contributed by atoms with Crippen LogP contribution in [0, 0.1) is 0 Å². The van der Waals surface area contributed by atoms with E-state index in [0.717, 1.165) is 24.3 Å². The topological polar surface area (TPSA) is 128 Å². The number of unbranched alkanes of at least 4 members (excludes halogenated alkanes) is 1. The molecule has 2 aliphatic heterocycles. The van der Waals surface area contributed by atoms with Crippen molar-refractivity contribution in [2.45, 2.75) is 37.4 Å². The number of hydrogen-bond acceptors (Lipinski definition) is 9. The highest BCUT2D eigenvalue weighted by atomic mass is 35.5. The molecule has 2 N–H and O–H groups in total. The van der Waals surface area contributed by atoms with E-state index in [1.165, 1.54) is 4.31 Å². The molecular formula is C24H36Cl2N6O5S. The van der Waals surface area contributed by atoms with E-state index in [1.807, 2.05) is 29.2 Å². The summed E-state index contributed by atoms with van der Waals surface area (Å²) >= 11 is 0. The van der Waals surface area contributed by atoms with E-state index in [4.69, 9.17) is 4.74 Å². The number of rotatable bonds is 9. The molecule has 2 saturated heterocycles. The highest BCUT2D eigenvalue weighted by Crippen LogP contribution is 2.35. The summed E-state index contributed by atoms with van der Waals surface area (Å²) in [5.41, 5.74) is 2.62. The SMILES string of the molecule is CCCCOc1ccc(N2CCN(S(=O)(=O)C3(C(=O)NO)CCN(c4cnccn4)CC3)CC2)cc1.Cl.Cl. The number of hydroxylamine groups is 1. The van der Waals surface area contributed by atoms with E-state index in [1.54, 1.807) is 24.1 Å². The summed E-state index contributed by atoms with van der Waals surface area (Å²) in [5.74, 6) is 0.559. The molecule has 212 valence electrons. The van der Waals surface area contributed by atoms with Gasteiger partial charge in [-0.05, 0) is 43.5 Å². The van der Waals surface area contributed by atoms with Gasteiger partial charge in [0.15, 0.2) is 4.75 Å². The van der Waals surface area contributed by atoms with Crippen molar-refractivity contribution < 1.29 is 23.2 Å². The summed E-state index contributed by atoms with van der Waals surface area (Å²) in [7, 11) is -4.04. The third-order valence-electron chi connectivity index (χ3n) is 7.00. The van der Waals surface area contributed by atoms with Crippen LogP contribution in [0.1, 0.15) is 32.6 Å². The molecule has 0 unspecified atom stereocenters. The number of piperazine rings is 1. The quantitative estimate of drug-likeness (QED) is 0.257. The minimum Gasteiger partial charge on any atom is -0.494 e. The maximum absolute atomic E-state index is 13.8. The van der Waals surface area contributed by atoms with Gasteiger partial charge in [-0.15, -0.1) is 24.8 Å². The second kappa shape index (κ2) is 14.1. The number of benzene rings is 1. The molecule has 11 nitrogen and oxygen atoms in total. The number of piperidine rings is 1. The molecule has 0 aliphatic carbocycles. The van der Waals surface area contributed by atoms with Gasteiger partial charge in [-0.2, -0.15) is 4.31 Å². The number of aromatic nitrogens is 2. The molecule has 1 amide bonds. The average molecular weight is 592 g/mol. The van der Waals surface area contributed by atoms with Crippen LogP contribution in [0.2, 0.25) is 0 Å². The zero-order valence-electron chi connectivity index (χ0n) is 21.4. The lowest BCUT2D eigenvalue weighted by atomic mass is 9.95. The molecule has 3 heterocycles. The fourth-order valence-electron chi connectivity index (χ4n) is 4.78. The molecule has 1 aromatic carbocycles. The molecule has 38 heavy (non-hydrogen) atoms. The zero-order valence-corrected chi connectivity index (χ0v) is 23.8. The Labute approximate surface area is 236 Å². The lowest BCUT2D eigenvalue weighted by Crippen LogP contribution is -2.63. The molecule has 4 rings (SSSR count). The Kier molecular flexibility index (Phi) is 11.8. The molecule has 2 aliphatic rings. The van der Waals surface area contributed by atoms with E-state index in [2.05, 4.69) is 21.8 Å². The lowest BCUT2D eigenvalue weighted by molar-refractivity contribution is -0.132. The van der Waals surface area contributed by atoms with Crippen molar-refractivity contribution >= 4 is 52.2 Å². The fourth-order valence-corrected chi connectivity index (χ4v) is 6.89. The first kappa shape index (κ1) is 31.8. The third-order valence-corrected chi connectivity index (χ3v) is 9.63. The van der Waals surface area contributed by atoms with Crippen LogP contribution >= 0.6 is 24.8 Å². The van der Waals surface area contributed by atoms with Gasteiger partial charge in [0.1, 0.15) is 11.6 Å². The maximum Gasteiger partial charge on any atom is 0.266 e. The van der Waals surface area contributed by atoms with Crippen LogP contribution in [0.5, 0.6) is 5.75 Å². The van der Waals surface area contributed by atoms with Crippen molar-refractivity contribution in [2.24, 2.45) is 0 Å². The molecule has 0 spiro atoms. The normalized spacial score (nSPS) is 17.6. The van der Waals surface area contributed by atoms with Crippen LogP contribution in [0.25, 0.3) is 0 Å². The van der Waals surface area contributed by atoms with Crippen LogP contribution < -0.4 is 20.0 Å². The molecule has 0 saturated carbocycles. The Hall–Kier alpha value is -2.38. The highest BCUT2D eigenvalue weighted by Gasteiger charge is 2.55. The smallest absolute Gasteiger partial charge is 0.266 e. The van der Waals surface area contributed by atoms with Gasteiger partial charge < -0.3 is 14.5 Å². The second-order valence-corrected chi connectivity index (χ2v) is 11.3. The molecular weight excluding hydrogens is 555 g/mol. The molecule has 0 bridgehead atoms. The molecule has 14 heteroatoms. The van der Waals surface area contributed by atoms with Gasteiger partial charge in [0.2, 0.25) is 10.0 Å². The molecule has 2 fully saturated rings. The highest BCUT2D eigenvalue weighted by molar-refractivity contribution is 7.91. The summed E-state index contributed by atoms with van der Waals surface area (Å²) in [6.07, 6.45) is 6.91. The molecule has 2 aromatic rings. The maximum atomic E-state index is 13.8. The number of halogens is 2. The van der Waals surface area contributed by atoms with E-state index in [0.29, 0.717) is 38.6 Å². The Balaban J connectivity index is 0.00000253. The minimum absolute atomic E-state index is 0. The summed E-state index contributed by atoms with van der Waals surface area (Å²) in [6, 6.07) is 7.82. The first-order valence-electron chi connectivity index (χ1n) is 12.3. The average Bonchev–Trinajstić information content (AvgIpc) is 2.93. The molecule has 0 radical (unpaired) electrons. The first-order chi connectivity index (χ1) is 17.4. The van der Waals surface area contributed by atoms with Crippen LogP contribution in [0.15, 0.2) is 42.9 Å². The Morgan fingerprint density at radius 1 is 1.03 bits per heavy atom. The van der Waals surface area contributed by atoms with Gasteiger partial charge in [0.05, 0.1) is 12.8 Å². The van der Waals surface area contributed by atoms with Crippen molar-refractivity contribution in [2.75, 3.05) is 55.7 Å². The monoisotopic (exact) mass is 590 g/mol. The largest absolute Gasteiger partial charge is 0.494 e. The Morgan fingerprint density at radius 2 is 1.68 bits per heavy atom. The number of carbonyl (C=O) groups is 1. The van der Waals surface area contributed by atoms with Crippen molar-refractivity contribution in [3.63, 3.8) is 0 Å². The van der Waals surface area contributed by atoms with Crippen LogP contribution in [0.4, 0.5) is 11.5 Å². The van der Waals surface area contributed by atoms with Crippen LogP contribution in [-0.4, -0.2) is 84.4 Å². The molecule has 1 aromatic heterocycles. The summed E-state index contributed by atoms with van der Waals surface area (Å²) < 4.78 is 33.0. The number of nitrogens with zero attached hydrogens (tertiary/aromatic N) is 5. The summed E-state index contributed by atoms with van der Waals surface area (Å²) in [5, 5.41) is 9.44. The van der Waals surface area contributed by atoms with Gasteiger partial charge in [-0.25, -0.2) is 18.9 Å². The van der Waals surface area contributed by atoms with Gasteiger partial charge in [0.25, 0.3) is 5.91 Å². The van der Waals surface area contributed by atoms with Gasteiger partial charge >= 0.3 is 0 Å². The number of ether oxygens (including phenoxy) is 1. The van der Waals surface area contributed by atoms with Gasteiger partial charge in [-0.1, -0.05) is 13.3 Å². The predicted octanol–water partition coefficient (Wildman–Crippen LogP) is 2.50. The van der Waals surface area contributed by atoms with E-state index in [-0.39, 0.29) is 50.7 Å². The number of amides is 1. The number of anilines is 2. The summed E-state index contributed by atoms with van der Waals surface area (Å²) in [6.45, 7) is 4.92. The van der Waals surface area contributed by atoms with Gasteiger partial charge in [0, 0.05) is 57.3 Å². The Bertz CT molecular complexity index is 1110. The molecule has 0 atom stereocenters. The van der Waals surface area contributed by atoms with E-state index < -0.39 is 20.7 Å². The zero-order chi connectivity index (χ0) is 25.6. The standard InChI is InChI=1S/C24H34N6O5S.2ClH/c1-2-3-18-35-21-6-4-20(5-7-21)28-14-16-30(17-15-28)36(33,34)24(23(31)27-32)8-12-29(13-9-24)22-19-25-10-11-26-22;;/h4-7,10-11,19,32H,2-3,8-9,12-18H2,1H3,(H,27,31);2*1H. The van der Waals surface area contributed by atoms with Crippen LogP contribution in [-0.2, 0) is 14.8 Å². The summed E-state index contributed by atoms with van der Waals surface area (Å²) in [4.78, 5) is 25.2. The predicted molar refractivity (Wildman–Crippen MR) is 150 cm³/mol. The second-order valence-electron chi connectivity index (χ2n) is 9.07. The van der Waals surface area contributed by atoms with Crippen molar-refractivity contribution in [1.29, 1.82) is 0 Å². The minimum atomic E-state index is -4.04. The third kappa shape index (κ3) is 6.60. The van der Waals surface area contributed by atoms with E-state index >= 15 is 0 Å². The fraction of sp³-hybridized carbons (Fsp3) is 0.542. The lowest BCUT2D eigenvalue weighted by Gasteiger charge is -2.44. The number of sulfonamides is 1. The first-order valence-corrected chi connectivity index (χ1v) is 13.8. The number of hydrogen-bond donors (Lipinski definition) is 2. The van der Waals surface area contributed by atoms with Crippen molar-refractivity contribution in [3.8, 4) is 5.75 Å². The Morgan fingerprint density at radius 3 is 2.24 bits per heavy atom. The van der Waals surface area contributed by atoms with Crippen LogP contribution in [0.3, 0.4) is 0 Å². The number of nitrogens with one attached hydrogen (secondary N) is 1. The van der Waals surface area contributed by atoms with Crippen molar-refractivity contribution in [1.82, 2.24) is 19.8 Å². The van der Waals surface area contributed by atoms with Crippen molar-refractivity contribution in [3.05, 3.63) is 42.9 Å². The van der Waals surface area contributed by atoms with E-state index in [9.17, 15) is 18.4 Å². The number of carbonyl (C=O) groups excluding carboxylic acids is 1.